The number of nitrogens with zero attached hydrogens (tertiary/aromatic N) is 3. The number of carbonyl (C=O) groups is 2. The number of aryl methyl sites for hydroxylation is 2. The Morgan fingerprint density at radius 3 is 2.74 bits per heavy atom. The summed E-state index contributed by atoms with van der Waals surface area (Å²) in [6.07, 6.45) is 2.90. The summed E-state index contributed by atoms with van der Waals surface area (Å²) in [6.45, 7) is 1.64. The van der Waals surface area contributed by atoms with Gasteiger partial charge in [-0.15, -0.1) is 0 Å². The van der Waals surface area contributed by atoms with Crippen molar-refractivity contribution in [3.8, 4) is 0 Å². The summed E-state index contributed by atoms with van der Waals surface area (Å²) in [5, 5.41) is 18.9. The van der Waals surface area contributed by atoms with E-state index in [0.29, 0.717) is 11.3 Å². The zero-order chi connectivity index (χ0) is 14.0. The molecule has 1 amide bonds. The van der Waals surface area contributed by atoms with Crippen LogP contribution in [0.4, 0.5) is 0 Å². The molecule has 8 heteroatoms. The van der Waals surface area contributed by atoms with Crippen LogP contribution in [0.5, 0.6) is 0 Å². The van der Waals surface area contributed by atoms with Crippen molar-refractivity contribution in [1.29, 1.82) is 0 Å². The van der Waals surface area contributed by atoms with Crippen LogP contribution in [0.25, 0.3) is 0 Å². The van der Waals surface area contributed by atoms with E-state index in [-0.39, 0.29) is 5.69 Å². The van der Waals surface area contributed by atoms with Crippen LogP contribution in [0.3, 0.4) is 0 Å². The normalized spacial score (nSPS) is 12.1. The van der Waals surface area contributed by atoms with Gasteiger partial charge in [-0.1, -0.05) is 5.16 Å². The quantitative estimate of drug-likeness (QED) is 0.820. The Morgan fingerprint density at radius 1 is 1.53 bits per heavy atom. The first-order valence-corrected chi connectivity index (χ1v) is 5.43. The number of hydrogen-bond acceptors (Lipinski definition) is 5. The first kappa shape index (κ1) is 12.8. The molecule has 2 rings (SSSR count). The molecule has 19 heavy (non-hydrogen) atoms. The van der Waals surface area contributed by atoms with E-state index in [0.717, 1.165) is 0 Å². The fourth-order valence-electron chi connectivity index (χ4n) is 1.56. The highest BCUT2D eigenvalue weighted by Gasteiger charge is 2.25. The molecule has 1 atom stereocenters. The second-order valence-electron chi connectivity index (χ2n) is 4.01. The Labute approximate surface area is 108 Å². The Morgan fingerprint density at radius 2 is 2.26 bits per heavy atom. The van der Waals surface area contributed by atoms with E-state index in [1.54, 1.807) is 14.0 Å². The molecular formula is C11H12N4O4. The van der Waals surface area contributed by atoms with Gasteiger partial charge in [0.2, 0.25) is 0 Å². The summed E-state index contributed by atoms with van der Waals surface area (Å²) in [4.78, 5) is 23.0. The van der Waals surface area contributed by atoms with E-state index in [2.05, 4.69) is 15.6 Å². The molecule has 2 N–H and O–H groups in total. The molecule has 0 aromatic carbocycles. The highest BCUT2D eigenvalue weighted by atomic mass is 16.5. The number of carboxylic acids is 1. The third-order valence-electron chi connectivity index (χ3n) is 2.44. The maximum atomic E-state index is 11.8. The minimum atomic E-state index is -1.18. The second-order valence-corrected chi connectivity index (χ2v) is 4.01. The standard InChI is InChI=1S/C11H12N4O4/c1-6-3-8(14-19-6)10(16)13-9(11(17)18)7-4-12-15(2)5-7/h3-5,9H,1-2H3,(H,13,16)(H,17,18). The molecule has 100 valence electrons. The fourth-order valence-corrected chi connectivity index (χ4v) is 1.56. The molecule has 2 aromatic rings. The highest BCUT2D eigenvalue weighted by Crippen LogP contribution is 2.13. The van der Waals surface area contributed by atoms with Crippen molar-refractivity contribution < 1.29 is 19.2 Å². The lowest BCUT2D eigenvalue weighted by Crippen LogP contribution is -2.33. The minimum absolute atomic E-state index is 0.0349. The Balaban J connectivity index is 2.18. The smallest absolute Gasteiger partial charge is 0.331 e. The van der Waals surface area contributed by atoms with E-state index in [1.807, 2.05) is 0 Å². The maximum Gasteiger partial charge on any atom is 0.331 e. The largest absolute Gasteiger partial charge is 0.479 e. The van der Waals surface area contributed by atoms with Gasteiger partial charge in [-0.25, -0.2) is 4.79 Å². The van der Waals surface area contributed by atoms with Crippen LogP contribution in [-0.2, 0) is 11.8 Å². The van der Waals surface area contributed by atoms with Crippen LogP contribution in [0.1, 0.15) is 27.9 Å². The fraction of sp³-hybridized carbons (Fsp3) is 0.273. The lowest BCUT2D eigenvalue weighted by molar-refractivity contribution is -0.139. The molecule has 0 spiro atoms. The zero-order valence-corrected chi connectivity index (χ0v) is 10.3. The number of aliphatic carboxylic acids is 1. The van der Waals surface area contributed by atoms with Gasteiger partial charge in [0, 0.05) is 24.9 Å². The van der Waals surface area contributed by atoms with Crippen molar-refractivity contribution in [3.63, 3.8) is 0 Å². The van der Waals surface area contributed by atoms with Gasteiger partial charge in [-0.05, 0) is 6.92 Å². The van der Waals surface area contributed by atoms with E-state index >= 15 is 0 Å². The average Bonchev–Trinajstić information content (AvgIpc) is 2.94. The van der Waals surface area contributed by atoms with Gasteiger partial charge >= 0.3 is 5.97 Å². The van der Waals surface area contributed by atoms with Gasteiger partial charge in [0.25, 0.3) is 5.91 Å². The second kappa shape index (κ2) is 4.92. The average molecular weight is 264 g/mol. The van der Waals surface area contributed by atoms with Crippen molar-refractivity contribution >= 4 is 11.9 Å². The maximum absolute atomic E-state index is 11.8. The minimum Gasteiger partial charge on any atom is -0.479 e. The van der Waals surface area contributed by atoms with Crippen LogP contribution < -0.4 is 5.32 Å². The van der Waals surface area contributed by atoms with E-state index in [9.17, 15) is 9.59 Å². The van der Waals surface area contributed by atoms with Gasteiger partial charge < -0.3 is 14.9 Å². The molecule has 2 aromatic heterocycles. The topological polar surface area (TPSA) is 110 Å². The number of carbonyl (C=O) groups excluding carboxylic acids is 1. The summed E-state index contributed by atoms with van der Waals surface area (Å²) in [5.74, 6) is -1.33. The van der Waals surface area contributed by atoms with Crippen LogP contribution in [-0.4, -0.2) is 31.9 Å². The lowest BCUT2D eigenvalue weighted by Gasteiger charge is -2.11. The van der Waals surface area contributed by atoms with Crippen molar-refractivity contribution in [2.24, 2.45) is 7.05 Å². The summed E-state index contributed by atoms with van der Waals surface area (Å²) >= 11 is 0. The molecule has 0 aliphatic carbocycles. The SMILES string of the molecule is Cc1cc(C(=O)NC(C(=O)O)c2cnn(C)c2)no1. The van der Waals surface area contributed by atoms with Gasteiger partial charge in [-0.3, -0.25) is 9.48 Å². The van der Waals surface area contributed by atoms with Crippen LogP contribution in [0.2, 0.25) is 0 Å². The number of nitrogens with one attached hydrogen (secondary N) is 1. The number of hydrogen-bond donors (Lipinski definition) is 2. The summed E-state index contributed by atoms with van der Waals surface area (Å²) in [7, 11) is 1.66. The van der Waals surface area contributed by atoms with Crippen molar-refractivity contribution in [2.45, 2.75) is 13.0 Å². The predicted molar refractivity (Wildman–Crippen MR) is 62.3 cm³/mol. The third-order valence-corrected chi connectivity index (χ3v) is 2.44. The molecule has 0 radical (unpaired) electrons. The number of aromatic nitrogens is 3. The number of carboxylic acid groups (broad SMARTS) is 1. The molecule has 8 nitrogen and oxygen atoms in total. The first-order valence-electron chi connectivity index (χ1n) is 5.43. The van der Waals surface area contributed by atoms with Gasteiger partial charge in [0.05, 0.1) is 6.20 Å². The Hall–Kier alpha value is -2.64. The van der Waals surface area contributed by atoms with E-state index in [1.165, 1.54) is 23.1 Å². The number of amides is 1. The third kappa shape index (κ3) is 2.79. The molecule has 0 bridgehead atoms. The molecule has 0 aliphatic rings. The molecular weight excluding hydrogens is 252 g/mol. The van der Waals surface area contributed by atoms with Gasteiger partial charge in [0.15, 0.2) is 11.7 Å². The number of rotatable bonds is 4. The highest BCUT2D eigenvalue weighted by molar-refractivity contribution is 5.95. The monoisotopic (exact) mass is 264 g/mol. The van der Waals surface area contributed by atoms with Gasteiger partial charge in [-0.2, -0.15) is 5.10 Å². The zero-order valence-electron chi connectivity index (χ0n) is 10.3. The Kier molecular flexibility index (Phi) is 3.32. The summed E-state index contributed by atoms with van der Waals surface area (Å²) in [5.41, 5.74) is 0.413. The summed E-state index contributed by atoms with van der Waals surface area (Å²) < 4.78 is 6.22. The van der Waals surface area contributed by atoms with Crippen molar-refractivity contribution in [1.82, 2.24) is 20.3 Å². The first-order chi connectivity index (χ1) is 8.97. The van der Waals surface area contributed by atoms with Crippen LogP contribution in [0.15, 0.2) is 23.0 Å². The molecule has 0 fully saturated rings. The predicted octanol–water partition coefficient (Wildman–Crippen LogP) is 0.272. The molecule has 1 unspecified atom stereocenters. The van der Waals surface area contributed by atoms with E-state index < -0.39 is 17.9 Å². The van der Waals surface area contributed by atoms with Crippen molar-refractivity contribution in [2.75, 3.05) is 0 Å². The van der Waals surface area contributed by atoms with Crippen LogP contribution in [0, 0.1) is 6.92 Å². The van der Waals surface area contributed by atoms with E-state index in [4.69, 9.17) is 9.63 Å². The molecule has 2 heterocycles. The van der Waals surface area contributed by atoms with Crippen LogP contribution >= 0.6 is 0 Å². The molecule has 0 aliphatic heterocycles. The Bertz CT molecular complexity index is 616. The molecule has 0 saturated carbocycles. The summed E-state index contributed by atoms with van der Waals surface area (Å²) in [6, 6.07) is 0.246. The van der Waals surface area contributed by atoms with Crippen molar-refractivity contribution in [3.05, 3.63) is 35.5 Å². The molecule has 0 saturated heterocycles. The van der Waals surface area contributed by atoms with Gasteiger partial charge in [0.1, 0.15) is 5.76 Å². The lowest BCUT2D eigenvalue weighted by atomic mass is 10.1.